The number of likely N-dealkylation sites (tertiary alicyclic amines) is 1. The van der Waals surface area contributed by atoms with E-state index in [1.165, 1.54) is 225 Å². The van der Waals surface area contributed by atoms with Crippen LogP contribution in [0.25, 0.3) is 0 Å². The van der Waals surface area contributed by atoms with Gasteiger partial charge in [0, 0.05) is 47.1 Å². The molecule has 16 atom stereocenters. The molecule has 1 heterocycles. The van der Waals surface area contributed by atoms with Gasteiger partial charge in [0.2, 0.25) is 0 Å². The summed E-state index contributed by atoms with van der Waals surface area (Å²) in [5.74, 6) is 6.26. The number of fused-ring (bicyclic) bond motifs is 5. The van der Waals surface area contributed by atoms with Crippen LogP contribution >= 0.6 is 0 Å². The number of rotatable bonds is 20. The van der Waals surface area contributed by atoms with E-state index in [-0.39, 0.29) is 11.5 Å². The van der Waals surface area contributed by atoms with Gasteiger partial charge in [0.1, 0.15) is 0 Å². The zero-order chi connectivity index (χ0) is 59.4. The van der Waals surface area contributed by atoms with E-state index in [4.69, 9.17) is 4.74 Å². The second-order valence-corrected chi connectivity index (χ2v) is 31.1. The van der Waals surface area contributed by atoms with Gasteiger partial charge in [0.25, 0.3) is 0 Å². The molecular formula is C85H116N2O. The van der Waals surface area contributed by atoms with Gasteiger partial charge in [0.15, 0.2) is 0 Å². The molecule has 2 fully saturated rings. The van der Waals surface area contributed by atoms with Crippen molar-refractivity contribution in [3.05, 3.63) is 179 Å². The lowest BCUT2D eigenvalue weighted by molar-refractivity contribution is -0.0337. The van der Waals surface area contributed by atoms with Crippen molar-refractivity contribution in [3.8, 4) is 0 Å². The molecule has 3 heteroatoms. The lowest BCUT2D eigenvalue weighted by Gasteiger charge is -2.52. The molecule has 472 valence electrons. The Balaban J connectivity index is 0.746. The normalized spacial score (nSPS) is 39.7. The Bertz CT molecular complexity index is 2910. The van der Waals surface area contributed by atoms with Gasteiger partial charge < -0.3 is 9.64 Å². The third kappa shape index (κ3) is 12.6. The number of allylic oxidation sites excluding steroid dienone is 21. The van der Waals surface area contributed by atoms with Crippen LogP contribution in [0, 0.1) is 64.6 Å². The van der Waals surface area contributed by atoms with Gasteiger partial charge in [-0.1, -0.05) is 189 Å². The van der Waals surface area contributed by atoms with E-state index in [1.54, 1.807) is 22.4 Å². The predicted octanol–water partition coefficient (Wildman–Crippen LogP) is 22.1. The van der Waals surface area contributed by atoms with Crippen LogP contribution in [0.2, 0.25) is 0 Å². The number of hydrogen-bond donors (Lipinski definition) is 0. The molecule has 88 heavy (non-hydrogen) atoms. The molecule has 3 nitrogen and oxygen atoms in total. The number of ether oxygens (including phenoxy) is 1. The molecule has 1 saturated heterocycles. The lowest BCUT2D eigenvalue weighted by atomic mass is 9.53. The summed E-state index contributed by atoms with van der Waals surface area (Å²) < 4.78 is 7.02. The van der Waals surface area contributed by atoms with E-state index in [2.05, 4.69) is 151 Å². The highest BCUT2D eigenvalue weighted by atomic mass is 16.5. The van der Waals surface area contributed by atoms with E-state index in [1.807, 2.05) is 22.3 Å². The molecule has 13 aliphatic carbocycles. The maximum atomic E-state index is 7.02. The smallest absolute Gasteiger partial charge is 0.0760 e. The molecule has 1 saturated carbocycles. The molecular weight excluding hydrogens is 1060 g/mol. The van der Waals surface area contributed by atoms with Crippen LogP contribution < -0.4 is 0 Å². The molecule has 14 rings (SSSR count). The Morgan fingerprint density at radius 2 is 1.51 bits per heavy atom. The van der Waals surface area contributed by atoms with Crippen molar-refractivity contribution >= 4 is 0 Å². The van der Waals surface area contributed by atoms with Gasteiger partial charge >= 0.3 is 0 Å². The number of nitrogens with zero attached hydrogens (tertiary/aromatic N) is 2. The average molecular weight is 1180 g/mol. The van der Waals surface area contributed by atoms with Crippen molar-refractivity contribution in [2.45, 2.75) is 280 Å². The van der Waals surface area contributed by atoms with E-state index in [0.717, 1.165) is 12.3 Å². The molecule has 14 aliphatic rings. The minimum atomic E-state index is 0.134. The van der Waals surface area contributed by atoms with Crippen molar-refractivity contribution in [3.63, 3.8) is 0 Å². The van der Waals surface area contributed by atoms with Crippen molar-refractivity contribution in [1.82, 2.24) is 9.80 Å². The van der Waals surface area contributed by atoms with E-state index in [9.17, 15) is 0 Å². The molecule has 0 aromatic rings. The van der Waals surface area contributed by atoms with Gasteiger partial charge in [-0.2, -0.15) is 0 Å². The summed E-state index contributed by atoms with van der Waals surface area (Å²) in [5, 5.41) is 0. The zero-order valence-corrected chi connectivity index (χ0v) is 55.0. The first-order valence-corrected chi connectivity index (χ1v) is 37.9. The van der Waals surface area contributed by atoms with Crippen LogP contribution in [0.15, 0.2) is 179 Å². The molecule has 0 spiro atoms. The molecule has 16 unspecified atom stereocenters. The van der Waals surface area contributed by atoms with Crippen molar-refractivity contribution in [2.24, 2.45) is 64.6 Å². The Morgan fingerprint density at radius 1 is 0.625 bits per heavy atom. The minimum absolute atomic E-state index is 0.134. The second-order valence-electron chi connectivity index (χ2n) is 31.1. The van der Waals surface area contributed by atoms with Gasteiger partial charge in [-0.15, -0.1) is 13.2 Å². The molecule has 0 aromatic heterocycles. The van der Waals surface area contributed by atoms with Crippen LogP contribution in [0.1, 0.15) is 238 Å². The fourth-order valence-corrected chi connectivity index (χ4v) is 21.7. The van der Waals surface area contributed by atoms with Crippen LogP contribution in [0.4, 0.5) is 0 Å². The van der Waals surface area contributed by atoms with Crippen LogP contribution in [-0.2, 0) is 4.74 Å². The number of hydrogen-bond acceptors (Lipinski definition) is 3. The van der Waals surface area contributed by atoms with Crippen molar-refractivity contribution < 1.29 is 4.74 Å². The number of unbranched alkanes of at least 4 members (excludes halogenated alkanes) is 5. The third-order valence-corrected chi connectivity index (χ3v) is 26.3. The highest BCUT2D eigenvalue weighted by Crippen LogP contribution is 2.67. The highest BCUT2D eigenvalue weighted by molar-refractivity contribution is 5.53. The summed E-state index contributed by atoms with van der Waals surface area (Å²) in [4.78, 5) is 6.22. The first-order chi connectivity index (χ1) is 43.5. The van der Waals surface area contributed by atoms with Gasteiger partial charge in [-0.3, -0.25) is 4.90 Å². The average Bonchev–Trinajstić information content (AvgIpc) is 1.56. The summed E-state index contributed by atoms with van der Waals surface area (Å²) in [6, 6.07) is 2.84. The lowest BCUT2D eigenvalue weighted by Crippen LogP contribution is -2.47. The maximum absolute atomic E-state index is 7.02. The van der Waals surface area contributed by atoms with Crippen molar-refractivity contribution in [2.75, 3.05) is 0 Å². The SMILES string of the molecule is C=CC1C=CC(OC2CCC(C3(C4=CCCCC4)C4=C(C=CC(N(C5=CCC(C6=CC7C8=CC(C9=CCC(C=C)CC9)CCC8N(C8CC=CCC8)C7CC6)CC5)C5C=CC(C6=CCC(CCCCCCCC)C=C6)CC5)C4)C4CCC=CC43)CC2)CC1. The molecule has 0 radical (unpaired) electrons. The Hall–Kier alpha value is -4.18. The minimum Gasteiger partial charge on any atom is -0.371 e. The van der Waals surface area contributed by atoms with Crippen LogP contribution in [-0.4, -0.2) is 52.2 Å². The van der Waals surface area contributed by atoms with Crippen LogP contribution in [0.5, 0.6) is 0 Å². The second kappa shape index (κ2) is 28.4. The summed E-state index contributed by atoms with van der Waals surface area (Å²) in [5.41, 5.74) is 14.3. The van der Waals surface area contributed by atoms with E-state index in [0.29, 0.717) is 89.6 Å². The van der Waals surface area contributed by atoms with E-state index < -0.39 is 0 Å². The maximum Gasteiger partial charge on any atom is 0.0760 e. The third-order valence-electron chi connectivity index (χ3n) is 26.3. The van der Waals surface area contributed by atoms with Crippen LogP contribution in [0.3, 0.4) is 0 Å². The topological polar surface area (TPSA) is 15.7 Å². The van der Waals surface area contributed by atoms with Gasteiger partial charge in [-0.25, -0.2) is 0 Å². The summed E-state index contributed by atoms with van der Waals surface area (Å²) in [6.07, 6.45) is 99.5. The zero-order valence-electron chi connectivity index (χ0n) is 55.0. The standard InChI is InChI=1S/C85H116N2O/c1-4-7-8-9-10-13-20-62-29-35-63(36-30-62)64-37-45-72(46-38-64)86(73-47-39-66(40-48-73)68-42-56-84-80(58-68)79-57-67(65-33-27-60(5-2)28-34-65)41-55-83(79)87(84)71-23-16-12-17-24-71)74-49-54-78-77-25-18-19-26-81(77)85(82(78)59-74,69-21-14-11-15-22-69)70-43-52-76(53-44-70)88-75-50-31-61(6-3)32-51-75/h5-6,12,16,19,21,26,29,31,33,35-37,45,47,49-50,54,57-58,60-62,64,66-67,70-72,74-77,80-81,83-84H,2-4,7-11,13-15,17-18,20,22-25,27-28,30,32,34,38-44,46,48,51-53,55-56,59H2,1H3. The fraction of sp³-hybridized carbons (Fsp3) is 0.647. The first-order valence-electron chi connectivity index (χ1n) is 37.9. The summed E-state index contributed by atoms with van der Waals surface area (Å²) in [6.45, 7) is 10.6. The Labute approximate surface area is 536 Å². The fourth-order valence-electron chi connectivity index (χ4n) is 21.7. The van der Waals surface area contributed by atoms with Crippen molar-refractivity contribution in [1.29, 1.82) is 0 Å². The molecule has 0 aromatic carbocycles. The molecule has 0 N–H and O–H groups in total. The first kappa shape index (κ1) is 61.3. The molecule has 1 aliphatic heterocycles. The monoisotopic (exact) mass is 1180 g/mol. The largest absolute Gasteiger partial charge is 0.371 e. The Morgan fingerprint density at radius 3 is 2.26 bits per heavy atom. The molecule has 0 bridgehead atoms. The van der Waals surface area contributed by atoms with Gasteiger partial charge in [0.05, 0.1) is 18.2 Å². The van der Waals surface area contributed by atoms with E-state index >= 15 is 0 Å². The van der Waals surface area contributed by atoms with Gasteiger partial charge in [-0.05, 0) is 257 Å². The summed E-state index contributed by atoms with van der Waals surface area (Å²) >= 11 is 0. The predicted molar refractivity (Wildman–Crippen MR) is 371 cm³/mol. The highest BCUT2D eigenvalue weighted by Gasteiger charge is 2.59. The quantitative estimate of drug-likeness (QED) is 0.0893. The summed E-state index contributed by atoms with van der Waals surface area (Å²) in [7, 11) is 0. The molecule has 0 amide bonds. The Kier molecular flexibility index (Phi) is 19.8.